The van der Waals surface area contributed by atoms with Crippen molar-refractivity contribution in [2.24, 2.45) is 0 Å². The molecule has 7 heteroatoms. The van der Waals surface area contributed by atoms with Crippen LogP contribution in [-0.2, 0) is 10.2 Å². The summed E-state index contributed by atoms with van der Waals surface area (Å²) in [6, 6.07) is 7.97. The highest BCUT2D eigenvalue weighted by Crippen LogP contribution is 2.27. The van der Waals surface area contributed by atoms with Crippen molar-refractivity contribution in [2.75, 3.05) is 24.5 Å². The largest absolute Gasteiger partial charge is 0.386 e. The smallest absolute Gasteiger partial charge is 0.230 e. The molecule has 1 atom stereocenters. The lowest BCUT2D eigenvalue weighted by Gasteiger charge is -2.28. The van der Waals surface area contributed by atoms with E-state index in [0.717, 1.165) is 0 Å². The SMILES string of the molecule is CC(C)(C(=O)NCC1(O)CCN(c2ncccn2)C1)c1ccccc1F. The van der Waals surface area contributed by atoms with Crippen molar-refractivity contribution in [3.05, 3.63) is 54.1 Å². The fraction of sp³-hybridized carbons (Fsp3) is 0.421. The highest BCUT2D eigenvalue weighted by molar-refractivity contribution is 5.87. The van der Waals surface area contributed by atoms with Crippen LogP contribution in [0.15, 0.2) is 42.7 Å². The van der Waals surface area contributed by atoms with Gasteiger partial charge in [0, 0.05) is 31.0 Å². The van der Waals surface area contributed by atoms with E-state index in [1.165, 1.54) is 6.07 Å². The van der Waals surface area contributed by atoms with Crippen molar-refractivity contribution in [1.82, 2.24) is 15.3 Å². The second-order valence-electron chi connectivity index (χ2n) is 7.23. The normalized spacial score (nSPS) is 20.2. The third-order valence-corrected chi connectivity index (χ3v) is 4.86. The van der Waals surface area contributed by atoms with Gasteiger partial charge in [-0.05, 0) is 32.4 Å². The number of nitrogens with zero attached hydrogens (tertiary/aromatic N) is 3. The monoisotopic (exact) mass is 358 g/mol. The first-order valence-electron chi connectivity index (χ1n) is 8.59. The van der Waals surface area contributed by atoms with Crippen molar-refractivity contribution in [1.29, 1.82) is 0 Å². The number of nitrogens with one attached hydrogen (secondary N) is 1. The molecule has 2 aromatic rings. The lowest BCUT2D eigenvalue weighted by Crippen LogP contribution is -2.49. The third kappa shape index (κ3) is 3.67. The summed E-state index contributed by atoms with van der Waals surface area (Å²) in [6.45, 7) is 4.37. The molecule has 1 aromatic heterocycles. The van der Waals surface area contributed by atoms with Crippen molar-refractivity contribution < 1.29 is 14.3 Å². The number of rotatable bonds is 5. The number of carbonyl (C=O) groups is 1. The van der Waals surface area contributed by atoms with Crippen LogP contribution in [0, 0.1) is 5.82 Å². The number of carbonyl (C=O) groups excluding carboxylic acids is 1. The van der Waals surface area contributed by atoms with Crippen LogP contribution in [0.1, 0.15) is 25.8 Å². The van der Waals surface area contributed by atoms with Gasteiger partial charge in [0.05, 0.1) is 12.0 Å². The van der Waals surface area contributed by atoms with E-state index >= 15 is 0 Å². The van der Waals surface area contributed by atoms with E-state index in [9.17, 15) is 14.3 Å². The van der Waals surface area contributed by atoms with E-state index < -0.39 is 16.8 Å². The number of β-amino-alcohol motifs (C(OH)–C–C–N with tert-alkyl or cyclic N) is 1. The number of amides is 1. The van der Waals surface area contributed by atoms with E-state index in [-0.39, 0.29) is 12.5 Å². The van der Waals surface area contributed by atoms with Gasteiger partial charge in [0.2, 0.25) is 11.9 Å². The first kappa shape index (κ1) is 18.3. The summed E-state index contributed by atoms with van der Waals surface area (Å²) in [5.41, 5.74) is -1.78. The highest BCUT2D eigenvalue weighted by atomic mass is 19.1. The first-order chi connectivity index (χ1) is 12.3. The summed E-state index contributed by atoms with van der Waals surface area (Å²) in [5.74, 6) is -0.188. The lowest BCUT2D eigenvalue weighted by molar-refractivity contribution is -0.126. The zero-order valence-corrected chi connectivity index (χ0v) is 14.9. The second-order valence-corrected chi connectivity index (χ2v) is 7.23. The third-order valence-electron chi connectivity index (χ3n) is 4.86. The van der Waals surface area contributed by atoms with Gasteiger partial charge < -0.3 is 15.3 Å². The summed E-state index contributed by atoms with van der Waals surface area (Å²) in [6.07, 6.45) is 3.79. The quantitative estimate of drug-likeness (QED) is 0.850. The first-order valence-corrected chi connectivity index (χ1v) is 8.59. The average molecular weight is 358 g/mol. The molecule has 0 aliphatic carbocycles. The molecule has 0 spiro atoms. The maximum atomic E-state index is 14.1. The van der Waals surface area contributed by atoms with Crippen LogP contribution < -0.4 is 10.2 Å². The topological polar surface area (TPSA) is 78.4 Å². The van der Waals surface area contributed by atoms with Gasteiger partial charge in [-0.2, -0.15) is 0 Å². The molecular weight excluding hydrogens is 335 g/mol. The molecule has 3 rings (SSSR count). The summed E-state index contributed by atoms with van der Waals surface area (Å²) in [5, 5.41) is 13.6. The van der Waals surface area contributed by atoms with Gasteiger partial charge in [0.25, 0.3) is 0 Å². The number of hydrogen-bond donors (Lipinski definition) is 2. The zero-order chi connectivity index (χ0) is 18.8. The van der Waals surface area contributed by atoms with Crippen molar-refractivity contribution in [3.63, 3.8) is 0 Å². The molecule has 0 bridgehead atoms. The van der Waals surface area contributed by atoms with Gasteiger partial charge >= 0.3 is 0 Å². The summed E-state index contributed by atoms with van der Waals surface area (Å²) in [4.78, 5) is 22.9. The Morgan fingerprint density at radius 3 is 2.69 bits per heavy atom. The van der Waals surface area contributed by atoms with Crippen LogP contribution in [0.4, 0.5) is 10.3 Å². The molecule has 1 aliphatic rings. The number of aliphatic hydroxyl groups is 1. The summed E-state index contributed by atoms with van der Waals surface area (Å²) in [7, 11) is 0. The Bertz CT molecular complexity index is 784. The molecule has 1 aliphatic heterocycles. The zero-order valence-electron chi connectivity index (χ0n) is 14.9. The molecule has 1 fully saturated rings. The Morgan fingerprint density at radius 1 is 1.31 bits per heavy atom. The number of halogens is 1. The van der Waals surface area contributed by atoms with Crippen LogP contribution in [-0.4, -0.2) is 46.2 Å². The molecule has 2 heterocycles. The summed E-state index contributed by atoms with van der Waals surface area (Å²) >= 11 is 0. The molecule has 26 heavy (non-hydrogen) atoms. The molecule has 1 aromatic carbocycles. The van der Waals surface area contributed by atoms with Crippen LogP contribution >= 0.6 is 0 Å². The predicted molar refractivity (Wildman–Crippen MR) is 96.2 cm³/mol. The minimum Gasteiger partial charge on any atom is -0.386 e. The molecule has 6 nitrogen and oxygen atoms in total. The van der Waals surface area contributed by atoms with Gasteiger partial charge in [-0.1, -0.05) is 18.2 Å². The maximum absolute atomic E-state index is 14.1. The van der Waals surface area contributed by atoms with Gasteiger partial charge in [-0.25, -0.2) is 14.4 Å². The predicted octanol–water partition coefficient (Wildman–Crippen LogP) is 1.65. The molecule has 2 N–H and O–H groups in total. The number of anilines is 1. The molecule has 1 unspecified atom stereocenters. The van der Waals surface area contributed by atoms with E-state index in [1.807, 2.05) is 4.90 Å². The molecule has 0 saturated carbocycles. The van der Waals surface area contributed by atoms with Crippen molar-refractivity contribution in [2.45, 2.75) is 31.3 Å². The van der Waals surface area contributed by atoms with Gasteiger partial charge in [0.15, 0.2) is 0 Å². The minimum atomic E-state index is -1.07. The standard InChI is InChI=1S/C19H23FN4O2/c1-18(2,14-6-3-4-7-15(14)20)16(25)23-12-19(26)8-11-24(13-19)17-21-9-5-10-22-17/h3-7,9-10,26H,8,11-13H2,1-2H3,(H,23,25). The lowest BCUT2D eigenvalue weighted by atomic mass is 9.83. The fourth-order valence-corrected chi connectivity index (χ4v) is 3.18. The Hall–Kier alpha value is -2.54. The maximum Gasteiger partial charge on any atom is 0.230 e. The Labute approximate surface area is 152 Å². The molecule has 1 amide bonds. The van der Waals surface area contributed by atoms with E-state index in [4.69, 9.17) is 0 Å². The Balaban J connectivity index is 1.63. The van der Waals surface area contributed by atoms with Gasteiger partial charge in [-0.3, -0.25) is 4.79 Å². The highest BCUT2D eigenvalue weighted by Gasteiger charge is 2.39. The van der Waals surface area contributed by atoms with E-state index in [0.29, 0.717) is 31.0 Å². The van der Waals surface area contributed by atoms with E-state index in [1.54, 1.807) is 50.5 Å². The number of hydrogen-bond acceptors (Lipinski definition) is 5. The second kappa shape index (κ2) is 6.99. The average Bonchev–Trinajstić information content (AvgIpc) is 3.03. The molecule has 1 saturated heterocycles. The Kier molecular flexibility index (Phi) is 4.91. The van der Waals surface area contributed by atoms with Crippen molar-refractivity contribution >= 4 is 11.9 Å². The summed E-state index contributed by atoms with van der Waals surface area (Å²) < 4.78 is 14.1. The number of aromatic nitrogens is 2. The fourth-order valence-electron chi connectivity index (χ4n) is 3.18. The molecule has 138 valence electrons. The van der Waals surface area contributed by atoms with Crippen molar-refractivity contribution in [3.8, 4) is 0 Å². The minimum absolute atomic E-state index is 0.0903. The molecule has 0 radical (unpaired) electrons. The van der Waals surface area contributed by atoms with E-state index in [2.05, 4.69) is 15.3 Å². The number of benzene rings is 1. The van der Waals surface area contributed by atoms with Gasteiger partial charge in [0.1, 0.15) is 11.4 Å². The Morgan fingerprint density at radius 2 is 2.00 bits per heavy atom. The van der Waals surface area contributed by atoms with Crippen LogP contribution in [0.2, 0.25) is 0 Å². The van der Waals surface area contributed by atoms with Crippen LogP contribution in [0.3, 0.4) is 0 Å². The molecular formula is C19H23FN4O2. The van der Waals surface area contributed by atoms with Gasteiger partial charge in [-0.15, -0.1) is 0 Å². The van der Waals surface area contributed by atoms with Crippen LogP contribution in [0.25, 0.3) is 0 Å². The van der Waals surface area contributed by atoms with Crippen LogP contribution in [0.5, 0.6) is 0 Å².